The first kappa shape index (κ1) is 34.0. The van der Waals surface area contributed by atoms with E-state index in [1.165, 1.54) is 27.6 Å². The Morgan fingerprint density at radius 3 is 1.70 bits per heavy atom. The van der Waals surface area contributed by atoms with Gasteiger partial charge in [-0.15, -0.1) is 0 Å². The summed E-state index contributed by atoms with van der Waals surface area (Å²) in [7, 11) is 0. The Bertz CT molecular complexity index is 3020. The molecule has 0 radical (unpaired) electrons. The van der Waals surface area contributed by atoms with Gasteiger partial charge in [0.1, 0.15) is 0 Å². The molecular weight excluding hydrogens is 695 g/mol. The van der Waals surface area contributed by atoms with Crippen molar-refractivity contribution in [1.82, 2.24) is 19.9 Å². The molecule has 0 amide bonds. The van der Waals surface area contributed by atoms with Gasteiger partial charge in [-0.3, -0.25) is 4.98 Å². The Kier molecular flexibility index (Phi) is 8.13. The molecule has 0 spiro atoms. The van der Waals surface area contributed by atoms with Gasteiger partial charge in [-0.2, -0.15) is 5.26 Å². The maximum atomic E-state index is 9.57. The molecule has 0 aliphatic heterocycles. The molecule has 0 bridgehead atoms. The number of hydrogen-bond acceptors (Lipinski definition) is 5. The third-order valence-electron chi connectivity index (χ3n) is 11.2. The molecule has 0 N–H and O–H groups in total. The van der Waals surface area contributed by atoms with Gasteiger partial charge in [0.15, 0.2) is 17.5 Å². The van der Waals surface area contributed by atoms with E-state index in [0.29, 0.717) is 23.0 Å². The average Bonchev–Trinajstić information content (AvgIpc) is 3.52. The lowest BCUT2D eigenvalue weighted by Crippen LogP contribution is -2.15. The summed E-state index contributed by atoms with van der Waals surface area (Å²) in [6, 6.07) is 59.0. The number of fused-ring (bicyclic) bond motifs is 5. The van der Waals surface area contributed by atoms with E-state index in [0.717, 1.165) is 55.5 Å². The highest BCUT2D eigenvalue weighted by Crippen LogP contribution is 2.52. The summed E-state index contributed by atoms with van der Waals surface area (Å²) in [4.78, 5) is 19.8. The summed E-state index contributed by atoms with van der Waals surface area (Å²) in [5.74, 6) is 1.82. The van der Waals surface area contributed by atoms with Crippen molar-refractivity contribution in [2.75, 3.05) is 0 Å². The second-order valence-electron chi connectivity index (χ2n) is 15.1. The minimum absolute atomic E-state index is 0.262. The van der Waals surface area contributed by atoms with Gasteiger partial charge in [0.2, 0.25) is 0 Å². The number of rotatable bonds is 6. The van der Waals surface area contributed by atoms with Crippen molar-refractivity contribution < 1.29 is 0 Å². The van der Waals surface area contributed by atoms with Crippen LogP contribution in [0.25, 0.3) is 89.4 Å². The molecule has 0 saturated heterocycles. The van der Waals surface area contributed by atoms with Crippen molar-refractivity contribution >= 4 is 10.8 Å². The minimum Gasteiger partial charge on any atom is -0.264 e. The highest BCUT2D eigenvalue weighted by Gasteiger charge is 2.37. The molecule has 10 rings (SSSR count). The lowest BCUT2D eigenvalue weighted by atomic mass is 9.79. The monoisotopic (exact) mass is 729 g/mol. The number of aromatic nitrogens is 4. The average molecular weight is 730 g/mol. The van der Waals surface area contributed by atoms with E-state index in [2.05, 4.69) is 134 Å². The standard InChI is InChI=1S/C52H35N5/c1-52(2)47-30-38(20-23-45(47)46-24-21-39-26-33(31-53)15-22-44(39)48(46)52)41-27-42(40-14-9-25-54-32-40)29-43(28-41)51-56-49(36-12-7-4-8-13-36)55-50(57-51)37-18-16-35(17-19-37)34-10-5-3-6-11-34/h3-30,32H,1-2H3. The van der Waals surface area contributed by atoms with E-state index in [1.54, 1.807) is 6.20 Å². The summed E-state index contributed by atoms with van der Waals surface area (Å²) in [5, 5.41) is 11.8. The SMILES string of the molecule is CC1(C)c2cc(-c3cc(-c4cccnc4)cc(-c4nc(-c5ccccc5)nc(-c5ccc(-c6ccccc6)cc5)n4)c3)ccc2-c2ccc3cc(C#N)ccc3c21. The van der Waals surface area contributed by atoms with Crippen LogP contribution in [-0.4, -0.2) is 19.9 Å². The van der Waals surface area contributed by atoms with E-state index in [4.69, 9.17) is 15.0 Å². The van der Waals surface area contributed by atoms with E-state index in [-0.39, 0.29) is 5.41 Å². The molecule has 5 nitrogen and oxygen atoms in total. The highest BCUT2D eigenvalue weighted by atomic mass is 15.0. The van der Waals surface area contributed by atoms with Crippen molar-refractivity contribution in [1.29, 1.82) is 5.26 Å². The van der Waals surface area contributed by atoms with Gasteiger partial charge in [0, 0.05) is 40.1 Å². The Balaban J connectivity index is 1.12. The van der Waals surface area contributed by atoms with Crippen molar-refractivity contribution in [3.8, 4) is 84.7 Å². The van der Waals surface area contributed by atoms with Crippen molar-refractivity contribution in [3.05, 3.63) is 193 Å². The van der Waals surface area contributed by atoms with Gasteiger partial charge in [-0.25, -0.2) is 15.0 Å². The predicted molar refractivity (Wildman–Crippen MR) is 230 cm³/mol. The molecule has 9 aromatic rings. The smallest absolute Gasteiger partial charge is 0.164 e. The zero-order chi connectivity index (χ0) is 38.5. The maximum absolute atomic E-state index is 9.57. The van der Waals surface area contributed by atoms with Crippen LogP contribution < -0.4 is 0 Å². The molecule has 0 fully saturated rings. The predicted octanol–water partition coefficient (Wildman–Crippen LogP) is 12.6. The first-order valence-corrected chi connectivity index (χ1v) is 19.1. The number of nitrogens with zero attached hydrogens (tertiary/aromatic N) is 5. The molecule has 0 unspecified atom stereocenters. The number of hydrogen-bond donors (Lipinski definition) is 0. The summed E-state index contributed by atoms with van der Waals surface area (Å²) in [5.41, 5.74) is 14.7. The van der Waals surface area contributed by atoms with E-state index in [1.807, 2.05) is 60.8 Å². The van der Waals surface area contributed by atoms with Crippen molar-refractivity contribution in [3.63, 3.8) is 0 Å². The fourth-order valence-electron chi connectivity index (χ4n) is 8.32. The summed E-state index contributed by atoms with van der Waals surface area (Å²) < 4.78 is 0. The van der Waals surface area contributed by atoms with E-state index in [9.17, 15) is 5.26 Å². The molecule has 57 heavy (non-hydrogen) atoms. The minimum atomic E-state index is -0.262. The molecule has 1 aliphatic carbocycles. The molecular formula is C52H35N5. The largest absolute Gasteiger partial charge is 0.264 e. The Morgan fingerprint density at radius 1 is 0.456 bits per heavy atom. The van der Waals surface area contributed by atoms with Crippen LogP contribution in [-0.2, 0) is 5.41 Å². The third kappa shape index (κ3) is 6.05. The maximum Gasteiger partial charge on any atom is 0.164 e. The number of benzene rings is 7. The van der Waals surface area contributed by atoms with Crippen LogP contribution in [0.4, 0.5) is 0 Å². The second-order valence-corrected chi connectivity index (χ2v) is 15.1. The fourth-order valence-corrected chi connectivity index (χ4v) is 8.32. The van der Waals surface area contributed by atoms with Crippen LogP contribution in [0.15, 0.2) is 176 Å². The third-order valence-corrected chi connectivity index (χ3v) is 11.2. The van der Waals surface area contributed by atoms with Crippen molar-refractivity contribution in [2.45, 2.75) is 19.3 Å². The van der Waals surface area contributed by atoms with Gasteiger partial charge < -0.3 is 0 Å². The van der Waals surface area contributed by atoms with Gasteiger partial charge in [-0.05, 0) is 103 Å². The summed E-state index contributed by atoms with van der Waals surface area (Å²) in [6.45, 7) is 4.61. The summed E-state index contributed by atoms with van der Waals surface area (Å²) >= 11 is 0. The zero-order valence-corrected chi connectivity index (χ0v) is 31.5. The number of nitriles is 1. The Hall–Kier alpha value is -7.55. The molecule has 0 saturated carbocycles. The quantitative estimate of drug-likeness (QED) is 0.170. The summed E-state index contributed by atoms with van der Waals surface area (Å²) in [6.07, 6.45) is 3.70. The Labute approximate surface area is 331 Å². The lowest BCUT2D eigenvalue weighted by Gasteiger charge is -2.24. The molecule has 2 heterocycles. The van der Waals surface area contributed by atoms with Crippen LogP contribution in [0.2, 0.25) is 0 Å². The molecule has 2 aromatic heterocycles. The van der Waals surface area contributed by atoms with Gasteiger partial charge in [-0.1, -0.05) is 135 Å². The van der Waals surface area contributed by atoms with E-state index >= 15 is 0 Å². The van der Waals surface area contributed by atoms with Crippen LogP contribution in [0.5, 0.6) is 0 Å². The topological polar surface area (TPSA) is 75.3 Å². The van der Waals surface area contributed by atoms with Gasteiger partial charge in [0.25, 0.3) is 0 Å². The van der Waals surface area contributed by atoms with Crippen LogP contribution >= 0.6 is 0 Å². The van der Waals surface area contributed by atoms with Crippen LogP contribution in [0, 0.1) is 11.3 Å². The second kappa shape index (κ2) is 13.6. The molecule has 268 valence electrons. The molecule has 0 atom stereocenters. The number of pyridine rings is 1. The van der Waals surface area contributed by atoms with E-state index < -0.39 is 0 Å². The van der Waals surface area contributed by atoms with Crippen molar-refractivity contribution in [2.24, 2.45) is 0 Å². The zero-order valence-electron chi connectivity index (χ0n) is 31.5. The first-order valence-electron chi connectivity index (χ1n) is 19.1. The molecule has 7 aromatic carbocycles. The molecule has 1 aliphatic rings. The Morgan fingerprint density at radius 2 is 1.02 bits per heavy atom. The highest BCUT2D eigenvalue weighted by molar-refractivity contribution is 5.98. The fraction of sp³-hybridized carbons (Fsp3) is 0.0577. The van der Waals surface area contributed by atoms with Gasteiger partial charge in [0.05, 0.1) is 11.6 Å². The molecule has 5 heteroatoms. The normalized spacial score (nSPS) is 12.5. The first-order chi connectivity index (χ1) is 27.9. The van der Waals surface area contributed by atoms with Crippen LogP contribution in [0.3, 0.4) is 0 Å². The van der Waals surface area contributed by atoms with Crippen LogP contribution in [0.1, 0.15) is 30.5 Å². The lowest BCUT2D eigenvalue weighted by molar-refractivity contribution is 0.666. The van der Waals surface area contributed by atoms with Gasteiger partial charge >= 0.3 is 0 Å².